The van der Waals surface area contributed by atoms with Crippen LogP contribution in [0.25, 0.3) is 10.9 Å². The van der Waals surface area contributed by atoms with Crippen molar-refractivity contribution in [2.45, 2.75) is 31.5 Å². The van der Waals surface area contributed by atoms with Gasteiger partial charge in [0.25, 0.3) is 11.8 Å². The predicted molar refractivity (Wildman–Crippen MR) is 123 cm³/mol. The van der Waals surface area contributed by atoms with Crippen molar-refractivity contribution in [3.63, 3.8) is 0 Å². The second kappa shape index (κ2) is 7.30. The number of hydrogen-bond acceptors (Lipinski definition) is 4. The van der Waals surface area contributed by atoms with E-state index in [0.717, 1.165) is 35.0 Å². The van der Waals surface area contributed by atoms with E-state index in [9.17, 15) is 9.59 Å². The summed E-state index contributed by atoms with van der Waals surface area (Å²) in [4.78, 5) is 37.7. The lowest BCUT2D eigenvalue weighted by Crippen LogP contribution is -2.41. The fourth-order valence-electron chi connectivity index (χ4n) is 4.93. The summed E-state index contributed by atoms with van der Waals surface area (Å²) in [5.74, 6) is -0.133. The van der Waals surface area contributed by atoms with Crippen LogP contribution in [-0.4, -0.2) is 55.0 Å². The zero-order valence-electron chi connectivity index (χ0n) is 18.4. The van der Waals surface area contributed by atoms with E-state index in [1.54, 1.807) is 23.5 Å². The number of H-pyrrole nitrogens is 1. The van der Waals surface area contributed by atoms with E-state index in [-0.39, 0.29) is 17.4 Å². The molecule has 6 rings (SSSR count). The van der Waals surface area contributed by atoms with Crippen molar-refractivity contribution in [2.24, 2.45) is 0 Å². The Labute approximate surface area is 190 Å². The lowest BCUT2D eigenvalue weighted by molar-refractivity contribution is 0.0670. The van der Waals surface area contributed by atoms with Gasteiger partial charge in [0, 0.05) is 36.9 Å². The fourth-order valence-corrected chi connectivity index (χ4v) is 4.93. The predicted octanol–water partition coefficient (Wildman–Crippen LogP) is 3.18. The number of carbonyl (C=O) groups is 2. The Morgan fingerprint density at radius 2 is 1.88 bits per heavy atom. The van der Waals surface area contributed by atoms with Crippen molar-refractivity contribution in [2.75, 3.05) is 13.6 Å². The van der Waals surface area contributed by atoms with Crippen LogP contribution in [0.4, 0.5) is 0 Å². The maximum absolute atomic E-state index is 13.5. The van der Waals surface area contributed by atoms with Crippen LogP contribution in [0.2, 0.25) is 0 Å². The van der Waals surface area contributed by atoms with Crippen LogP contribution in [0, 0.1) is 0 Å². The Morgan fingerprint density at radius 3 is 2.64 bits per heavy atom. The third-order valence-corrected chi connectivity index (χ3v) is 7.04. The van der Waals surface area contributed by atoms with Gasteiger partial charge in [-0.05, 0) is 42.7 Å². The first kappa shape index (κ1) is 19.7. The first-order valence-corrected chi connectivity index (χ1v) is 11.2. The van der Waals surface area contributed by atoms with E-state index in [1.807, 2.05) is 59.1 Å². The van der Waals surface area contributed by atoms with Crippen molar-refractivity contribution in [1.29, 1.82) is 0 Å². The summed E-state index contributed by atoms with van der Waals surface area (Å²) in [6.45, 7) is 1.46. The molecule has 2 amide bonds. The van der Waals surface area contributed by atoms with Crippen LogP contribution in [0.1, 0.15) is 44.9 Å². The number of aromatic nitrogens is 4. The van der Waals surface area contributed by atoms with Crippen LogP contribution in [-0.2, 0) is 18.6 Å². The van der Waals surface area contributed by atoms with E-state index in [4.69, 9.17) is 0 Å². The topological polar surface area (TPSA) is 87.1 Å². The maximum atomic E-state index is 13.5. The Hall–Kier alpha value is -3.94. The van der Waals surface area contributed by atoms with Crippen molar-refractivity contribution in [3.8, 4) is 0 Å². The van der Waals surface area contributed by atoms with Gasteiger partial charge in [-0.3, -0.25) is 19.3 Å². The smallest absolute Gasteiger partial charge is 0.270 e. The molecule has 0 atom stereocenters. The summed E-state index contributed by atoms with van der Waals surface area (Å²) < 4.78 is 1.85. The number of nitrogens with one attached hydrogen (secondary N) is 1. The molecule has 1 fully saturated rings. The van der Waals surface area contributed by atoms with E-state index in [2.05, 4.69) is 15.1 Å². The molecule has 3 aromatic heterocycles. The summed E-state index contributed by atoms with van der Waals surface area (Å²) in [5.41, 5.74) is 3.66. The van der Waals surface area contributed by atoms with E-state index in [0.29, 0.717) is 30.9 Å². The number of amides is 2. The first-order valence-electron chi connectivity index (χ1n) is 11.2. The minimum absolute atomic E-state index is 0.0644. The van der Waals surface area contributed by atoms with Gasteiger partial charge in [-0.2, -0.15) is 5.10 Å². The van der Waals surface area contributed by atoms with Gasteiger partial charge in [0.2, 0.25) is 0 Å². The highest BCUT2D eigenvalue weighted by molar-refractivity contribution is 5.99. The number of pyridine rings is 1. The second-order valence-corrected chi connectivity index (χ2v) is 8.86. The molecule has 166 valence electrons. The number of carbonyl (C=O) groups excluding carboxylic acids is 2. The largest absolute Gasteiger partial charge is 0.351 e. The zero-order valence-corrected chi connectivity index (χ0v) is 18.4. The molecule has 8 heteroatoms. The molecule has 8 nitrogen and oxygen atoms in total. The summed E-state index contributed by atoms with van der Waals surface area (Å²) in [7, 11) is 1.86. The second-order valence-electron chi connectivity index (χ2n) is 8.86. The summed E-state index contributed by atoms with van der Waals surface area (Å²) in [6.07, 6.45) is 7.03. The standard InChI is InChI=1S/C25H24N6O2/c1-29(25(8-9-25)18-6-10-26-11-7-18)23(32)19-15-27-31-13-12-30(16-22(19)31)24(33)21-14-17-4-2-3-5-20(17)28-21/h2-7,10-11,14-15,28H,8-9,12-13,16H2,1H3. The van der Waals surface area contributed by atoms with Crippen molar-refractivity contribution < 1.29 is 9.59 Å². The monoisotopic (exact) mass is 440 g/mol. The number of hydrogen-bond donors (Lipinski definition) is 1. The lowest BCUT2D eigenvalue weighted by Gasteiger charge is -2.31. The van der Waals surface area contributed by atoms with Crippen molar-refractivity contribution in [3.05, 3.63) is 83.6 Å². The summed E-state index contributed by atoms with van der Waals surface area (Å²) in [5, 5.41) is 5.46. The Balaban J connectivity index is 1.26. The molecule has 2 aliphatic rings. The lowest BCUT2D eigenvalue weighted by atomic mass is 10.0. The average molecular weight is 441 g/mol. The molecule has 0 radical (unpaired) electrons. The van der Waals surface area contributed by atoms with Gasteiger partial charge >= 0.3 is 0 Å². The molecular formula is C25H24N6O2. The Morgan fingerprint density at radius 1 is 1.09 bits per heavy atom. The molecule has 4 heterocycles. The molecule has 1 aliphatic carbocycles. The molecule has 33 heavy (non-hydrogen) atoms. The van der Waals surface area contributed by atoms with Crippen LogP contribution in [0.3, 0.4) is 0 Å². The van der Waals surface area contributed by atoms with E-state index >= 15 is 0 Å². The molecule has 0 spiro atoms. The first-order chi connectivity index (χ1) is 16.1. The van der Waals surface area contributed by atoms with Gasteiger partial charge in [-0.1, -0.05) is 18.2 Å². The SMILES string of the molecule is CN(C(=O)c1cnn2c1CN(C(=O)c1cc3ccccc3[nH]1)CC2)C1(c2ccncc2)CC1. The molecule has 1 aromatic carbocycles. The molecule has 0 saturated heterocycles. The third-order valence-electron chi connectivity index (χ3n) is 7.04. The molecule has 1 aliphatic heterocycles. The number of rotatable bonds is 4. The number of aromatic amines is 1. The van der Waals surface area contributed by atoms with Gasteiger partial charge in [0.15, 0.2) is 0 Å². The molecule has 0 unspecified atom stereocenters. The molecule has 1 saturated carbocycles. The van der Waals surface area contributed by atoms with Crippen LogP contribution >= 0.6 is 0 Å². The number of benzene rings is 1. The normalized spacial score (nSPS) is 16.5. The molecule has 0 bridgehead atoms. The fraction of sp³-hybridized carbons (Fsp3) is 0.280. The van der Waals surface area contributed by atoms with Gasteiger partial charge in [-0.25, -0.2) is 0 Å². The highest BCUT2D eigenvalue weighted by atomic mass is 16.2. The van der Waals surface area contributed by atoms with Gasteiger partial charge in [0.05, 0.1) is 36.1 Å². The summed E-state index contributed by atoms with van der Waals surface area (Å²) >= 11 is 0. The molecular weight excluding hydrogens is 416 g/mol. The van der Waals surface area contributed by atoms with Crippen LogP contribution < -0.4 is 0 Å². The minimum Gasteiger partial charge on any atom is -0.351 e. The number of fused-ring (bicyclic) bond motifs is 2. The Bertz CT molecular complexity index is 1340. The maximum Gasteiger partial charge on any atom is 0.270 e. The summed E-state index contributed by atoms with van der Waals surface area (Å²) in [6, 6.07) is 13.7. The van der Waals surface area contributed by atoms with E-state index < -0.39 is 0 Å². The molecule has 4 aromatic rings. The van der Waals surface area contributed by atoms with Crippen LogP contribution in [0.15, 0.2) is 61.1 Å². The quantitative estimate of drug-likeness (QED) is 0.528. The molecule has 1 N–H and O–H groups in total. The van der Waals surface area contributed by atoms with Crippen LogP contribution in [0.5, 0.6) is 0 Å². The van der Waals surface area contributed by atoms with E-state index in [1.165, 1.54) is 0 Å². The van der Waals surface area contributed by atoms with Gasteiger partial charge in [0.1, 0.15) is 5.69 Å². The van der Waals surface area contributed by atoms with Crippen molar-refractivity contribution >= 4 is 22.7 Å². The Kier molecular flexibility index (Phi) is 4.36. The van der Waals surface area contributed by atoms with Crippen molar-refractivity contribution in [1.82, 2.24) is 29.5 Å². The minimum atomic E-state index is -0.288. The highest BCUT2D eigenvalue weighted by Gasteiger charge is 2.50. The van der Waals surface area contributed by atoms with Gasteiger partial charge < -0.3 is 14.8 Å². The number of para-hydroxylation sites is 1. The zero-order chi connectivity index (χ0) is 22.6. The third kappa shape index (κ3) is 3.13. The highest BCUT2D eigenvalue weighted by Crippen LogP contribution is 2.50. The average Bonchev–Trinajstić information content (AvgIpc) is 3.38. The van der Waals surface area contributed by atoms with Gasteiger partial charge in [-0.15, -0.1) is 0 Å². The number of nitrogens with zero attached hydrogens (tertiary/aromatic N) is 5.